The topological polar surface area (TPSA) is 9.23 Å². The molecular weight excluding hydrogens is 354 g/mol. The molecule has 0 N–H and O–H groups in total. The van der Waals surface area contributed by atoms with E-state index in [0.29, 0.717) is 6.04 Å². The van der Waals surface area contributed by atoms with Gasteiger partial charge < -0.3 is 9.22 Å². The first kappa shape index (κ1) is 26.0. The maximum absolute atomic E-state index is 5.29. The van der Waals surface area contributed by atoms with Gasteiger partial charge in [-0.2, -0.15) is 0 Å². The Bertz CT molecular complexity index is 494. The SMILES string of the molecule is CCCCCCCCCCCCCCCC[N+](C)(C)[C@H](C)c1ccc(OC)cc1. The molecule has 0 heterocycles. The summed E-state index contributed by atoms with van der Waals surface area (Å²) < 4.78 is 6.35. The van der Waals surface area contributed by atoms with Gasteiger partial charge in [0.15, 0.2) is 0 Å². The van der Waals surface area contributed by atoms with Gasteiger partial charge in [0.1, 0.15) is 11.8 Å². The van der Waals surface area contributed by atoms with Crippen molar-refractivity contribution in [3.05, 3.63) is 29.8 Å². The molecule has 0 amide bonds. The van der Waals surface area contributed by atoms with Crippen molar-refractivity contribution in [2.75, 3.05) is 27.7 Å². The first-order valence-electron chi connectivity index (χ1n) is 12.5. The zero-order chi connectivity index (χ0) is 21.4. The lowest BCUT2D eigenvalue weighted by Gasteiger charge is -2.36. The van der Waals surface area contributed by atoms with Crippen LogP contribution < -0.4 is 4.74 Å². The number of quaternary nitrogens is 1. The van der Waals surface area contributed by atoms with Gasteiger partial charge in [0.2, 0.25) is 0 Å². The number of methoxy groups -OCH3 is 1. The molecule has 0 radical (unpaired) electrons. The standard InChI is InChI=1S/C27H50NO/c1-6-7-8-9-10-11-12-13-14-15-16-17-18-19-24-28(3,4)25(2)26-20-22-27(29-5)23-21-26/h20-23,25H,6-19,24H2,1-5H3/q+1/t25-/m1/s1. The zero-order valence-electron chi connectivity index (χ0n) is 20.3. The predicted octanol–water partition coefficient (Wildman–Crippen LogP) is 8.31. The first-order valence-corrected chi connectivity index (χ1v) is 12.5. The molecule has 2 nitrogen and oxygen atoms in total. The van der Waals surface area contributed by atoms with E-state index < -0.39 is 0 Å². The van der Waals surface area contributed by atoms with Gasteiger partial charge in [-0.1, -0.05) is 84.0 Å². The van der Waals surface area contributed by atoms with Crippen LogP contribution in [0.2, 0.25) is 0 Å². The van der Waals surface area contributed by atoms with Gasteiger partial charge in [-0.15, -0.1) is 0 Å². The summed E-state index contributed by atoms with van der Waals surface area (Å²) in [7, 11) is 6.47. The van der Waals surface area contributed by atoms with Gasteiger partial charge in [0.05, 0.1) is 27.7 Å². The molecular formula is C27H50NO+. The zero-order valence-corrected chi connectivity index (χ0v) is 20.3. The number of ether oxygens (including phenoxy) is 1. The summed E-state index contributed by atoms with van der Waals surface area (Å²) in [6.45, 7) is 5.90. The van der Waals surface area contributed by atoms with E-state index in [0.717, 1.165) is 10.2 Å². The highest BCUT2D eigenvalue weighted by Crippen LogP contribution is 2.27. The third kappa shape index (κ3) is 11.7. The number of nitrogens with zero attached hydrogens (tertiary/aromatic N) is 1. The number of rotatable bonds is 18. The molecule has 0 aromatic heterocycles. The van der Waals surface area contributed by atoms with Crippen molar-refractivity contribution in [1.82, 2.24) is 0 Å². The van der Waals surface area contributed by atoms with Gasteiger partial charge in [0, 0.05) is 5.56 Å². The van der Waals surface area contributed by atoms with Crippen LogP contribution in [0.25, 0.3) is 0 Å². The van der Waals surface area contributed by atoms with Crippen LogP contribution in [0.3, 0.4) is 0 Å². The van der Waals surface area contributed by atoms with Crippen LogP contribution in [-0.4, -0.2) is 32.2 Å². The molecule has 2 heteroatoms. The lowest BCUT2D eigenvalue weighted by Crippen LogP contribution is -2.42. The minimum absolute atomic E-state index is 0.517. The fourth-order valence-corrected chi connectivity index (χ4v) is 4.19. The van der Waals surface area contributed by atoms with Gasteiger partial charge >= 0.3 is 0 Å². The second-order valence-electron chi connectivity index (χ2n) is 9.55. The Hall–Kier alpha value is -1.02. The van der Waals surface area contributed by atoms with E-state index >= 15 is 0 Å². The molecule has 0 spiro atoms. The molecule has 0 saturated carbocycles. The Labute approximate surface area is 182 Å². The Morgan fingerprint density at radius 1 is 0.690 bits per heavy atom. The van der Waals surface area contributed by atoms with E-state index in [1.807, 2.05) is 0 Å². The summed E-state index contributed by atoms with van der Waals surface area (Å²) in [6, 6.07) is 9.11. The quantitative estimate of drug-likeness (QED) is 0.176. The van der Waals surface area contributed by atoms with Gasteiger partial charge in [0.25, 0.3) is 0 Å². The van der Waals surface area contributed by atoms with Crippen LogP contribution in [0, 0.1) is 0 Å². The van der Waals surface area contributed by atoms with Gasteiger partial charge in [-0.3, -0.25) is 0 Å². The Balaban J connectivity index is 2.03. The van der Waals surface area contributed by atoms with E-state index in [4.69, 9.17) is 4.74 Å². The fraction of sp³-hybridized carbons (Fsp3) is 0.778. The van der Waals surface area contributed by atoms with Crippen molar-refractivity contribution in [3.63, 3.8) is 0 Å². The van der Waals surface area contributed by atoms with Crippen LogP contribution in [0.15, 0.2) is 24.3 Å². The van der Waals surface area contributed by atoms with Crippen molar-refractivity contribution in [1.29, 1.82) is 0 Å². The van der Waals surface area contributed by atoms with Crippen molar-refractivity contribution in [3.8, 4) is 5.75 Å². The molecule has 0 aliphatic rings. The second kappa shape index (κ2) is 15.8. The lowest BCUT2D eigenvalue weighted by atomic mass is 10.0. The minimum atomic E-state index is 0.517. The van der Waals surface area contributed by atoms with Crippen LogP contribution in [0.1, 0.15) is 115 Å². The summed E-state index contributed by atoms with van der Waals surface area (Å²) in [6.07, 6.45) is 20.0. The van der Waals surface area contributed by atoms with Gasteiger partial charge in [-0.05, 0) is 44.0 Å². The number of hydrogen-bond acceptors (Lipinski definition) is 1. The van der Waals surface area contributed by atoms with Crippen molar-refractivity contribution >= 4 is 0 Å². The molecule has 0 saturated heterocycles. The van der Waals surface area contributed by atoms with Crippen molar-refractivity contribution < 1.29 is 9.22 Å². The Morgan fingerprint density at radius 2 is 1.10 bits per heavy atom. The molecule has 0 aliphatic heterocycles. The third-order valence-electron chi connectivity index (χ3n) is 6.73. The van der Waals surface area contributed by atoms with Crippen LogP contribution in [0.4, 0.5) is 0 Å². The Kier molecular flexibility index (Phi) is 14.1. The summed E-state index contributed by atoms with van der Waals surface area (Å²) in [5.74, 6) is 0.943. The van der Waals surface area contributed by atoms with Crippen LogP contribution in [0.5, 0.6) is 5.75 Å². The van der Waals surface area contributed by atoms with Crippen molar-refractivity contribution in [2.24, 2.45) is 0 Å². The highest BCUT2D eigenvalue weighted by atomic mass is 16.5. The average Bonchev–Trinajstić information content (AvgIpc) is 2.73. The van der Waals surface area contributed by atoms with Crippen LogP contribution >= 0.6 is 0 Å². The van der Waals surface area contributed by atoms with Crippen LogP contribution in [-0.2, 0) is 0 Å². The molecule has 168 valence electrons. The van der Waals surface area contributed by atoms with E-state index in [9.17, 15) is 0 Å². The summed E-state index contributed by atoms with van der Waals surface area (Å²) in [5.41, 5.74) is 1.40. The first-order chi connectivity index (χ1) is 14.0. The second-order valence-corrected chi connectivity index (χ2v) is 9.55. The fourth-order valence-electron chi connectivity index (χ4n) is 4.19. The maximum atomic E-state index is 5.29. The molecule has 1 rings (SSSR count). The van der Waals surface area contributed by atoms with Gasteiger partial charge in [-0.25, -0.2) is 0 Å². The lowest BCUT2D eigenvalue weighted by molar-refractivity contribution is -0.919. The predicted molar refractivity (Wildman–Crippen MR) is 129 cm³/mol. The van der Waals surface area contributed by atoms with E-state index in [2.05, 4.69) is 52.2 Å². The molecule has 0 fully saturated rings. The molecule has 0 unspecified atom stereocenters. The highest BCUT2D eigenvalue weighted by molar-refractivity contribution is 5.28. The summed E-state index contributed by atoms with van der Waals surface area (Å²) in [4.78, 5) is 0. The largest absolute Gasteiger partial charge is 0.497 e. The van der Waals surface area contributed by atoms with Crippen molar-refractivity contribution in [2.45, 2.75) is 110 Å². The molecule has 0 bridgehead atoms. The van der Waals surface area contributed by atoms with E-state index in [1.165, 1.54) is 102 Å². The number of hydrogen-bond donors (Lipinski definition) is 0. The number of unbranched alkanes of at least 4 members (excludes halogenated alkanes) is 13. The third-order valence-corrected chi connectivity index (χ3v) is 6.73. The Morgan fingerprint density at radius 3 is 1.52 bits per heavy atom. The number of benzene rings is 1. The highest BCUT2D eigenvalue weighted by Gasteiger charge is 2.24. The molecule has 29 heavy (non-hydrogen) atoms. The molecule has 1 aromatic rings. The molecule has 1 atom stereocenters. The van der Waals surface area contributed by atoms with E-state index in [1.54, 1.807) is 7.11 Å². The maximum Gasteiger partial charge on any atom is 0.118 e. The molecule has 1 aromatic carbocycles. The molecule has 0 aliphatic carbocycles. The summed E-state index contributed by atoms with van der Waals surface area (Å²) >= 11 is 0. The smallest absolute Gasteiger partial charge is 0.118 e. The minimum Gasteiger partial charge on any atom is -0.497 e. The summed E-state index contributed by atoms with van der Waals surface area (Å²) in [5, 5.41) is 0. The normalized spacial score (nSPS) is 12.9. The monoisotopic (exact) mass is 404 g/mol. The van der Waals surface area contributed by atoms with E-state index in [-0.39, 0.29) is 0 Å². The average molecular weight is 405 g/mol.